The van der Waals surface area contributed by atoms with Crippen molar-refractivity contribution in [1.29, 1.82) is 0 Å². The van der Waals surface area contributed by atoms with Gasteiger partial charge < -0.3 is 44.2 Å². The lowest BCUT2D eigenvalue weighted by molar-refractivity contribution is -0.299. The van der Waals surface area contributed by atoms with Crippen LogP contribution in [0, 0.1) is 6.92 Å². The highest BCUT2D eigenvalue weighted by atomic mass is 31.3. The Morgan fingerprint density at radius 2 is 1.77 bits per heavy atom. The molecule has 0 amide bonds. The summed E-state index contributed by atoms with van der Waals surface area (Å²) in [6, 6.07) is 0. The Morgan fingerprint density at radius 1 is 1.11 bits per heavy atom. The standard InChI is InChI=1S/C16H26N2O15P2/c1-6-4-18(16(24)17-14(6)23)10-3-8(19)9(31-10)5-29-34(25,26)33-35(27,28)32-15-13(22)12(21)11(20)7(2)30-15/h4,7-13,15,19-22H,3,5H2,1-2H3,(H,25,26)(H,27,28)(H,17,23,24)/p-2/t7-,8-,9+,10+,11+,12+,13+,15?/m0/s1. The van der Waals surface area contributed by atoms with Gasteiger partial charge in [-0.3, -0.25) is 28.0 Å². The predicted molar refractivity (Wildman–Crippen MR) is 106 cm³/mol. The zero-order valence-electron chi connectivity index (χ0n) is 18.2. The van der Waals surface area contributed by atoms with E-state index in [0.717, 1.165) is 4.57 Å². The number of nitrogens with one attached hydrogen (secondary N) is 1. The molecule has 0 radical (unpaired) electrons. The highest BCUT2D eigenvalue weighted by molar-refractivity contribution is 7.59. The molecule has 1 aromatic heterocycles. The van der Waals surface area contributed by atoms with Crippen LogP contribution in [-0.4, -0.2) is 79.5 Å². The zero-order chi connectivity index (χ0) is 26.3. The number of aryl methyl sites for hydroxylation is 1. The van der Waals surface area contributed by atoms with Crippen LogP contribution in [0.4, 0.5) is 0 Å². The normalized spacial score (nSPS) is 37.0. The minimum atomic E-state index is -5.76. The van der Waals surface area contributed by atoms with Crippen molar-refractivity contribution >= 4 is 15.6 Å². The van der Waals surface area contributed by atoms with Crippen LogP contribution in [0.25, 0.3) is 0 Å². The third kappa shape index (κ3) is 6.72. The third-order valence-corrected chi connectivity index (χ3v) is 7.83. The second-order valence-electron chi connectivity index (χ2n) is 7.97. The van der Waals surface area contributed by atoms with Crippen molar-refractivity contribution in [3.05, 3.63) is 32.6 Å². The maximum absolute atomic E-state index is 12.0. The van der Waals surface area contributed by atoms with Crippen LogP contribution >= 0.6 is 15.6 Å². The van der Waals surface area contributed by atoms with E-state index in [1.165, 1.54) is 20.0 Å². The lowest BCUT2D eigenvalue weighted by Gasteiger charge is -2.41. The van der Waals surface area contributed by atoms with Gasteiger partial charge in [0.1, 0.15) is 30.6 Å². The van der Waals surface area contributed by atoms with E-state index in [1.54, 1.807) is 0 Å². The molecular formula is C16H24N2O15P2-2. The van der Waals surface area contributed by atoms with Crippen molar-refractivity contribution in [3.63, 3.8) is 0 Å². The van der Waals surface area contributed by atoms with Gasteiger partial charge in [0.25, 0.3) is 21.2 Å². The van der Waals surface area contributed by atoms with E-state index < -0.39 is 82.6 Å². The number of nitrogens with zero attached hydrogens (tertiary/aromatic N) is 1. The molecule has 2 aliphatic rings. The van der Waals surface area contributed by atoms with Crippen LogP contribution in [0.2, 0.25) is 0 Å². The second kappa shape index (κ2) is 10.6. The first-order valence-corrected chi connectivity index (χ1v) is 13.0. The van der Waals surface area contributed by atoms with Crippen molar-refractivity contribution in [1.82, 2.24) is 9.55 Å². The fraction of sp³-hybridized carbons (Fsp3) is 0.750. The number of hydrogen-bond acceptors (Lipinski definition) is 15. The van der Waals surface area contributed by atoms with E-state index in [9.17, 15) is 48.9 Å². The number of phosphoric acid groups is 2. The van der Waals surface area contributed by atoms with Gasteiger partial charge in [0.2, 0.25) is 0 Å². The van der Waals surface area contributed by atoms with E-state index >= 15 is 0 Å². The van der Waals surface area contributed by atoms with Crippen LogP contribution in [0.5, 0.6) is 0 Å². The summed E-state index contributed by atoms with van der Waals surface area (Å²) in [6.07, 6.45) is -11.5. The molecule has 0 aromatic carbocycles. The number of aliphatic hydroxyl groups is 4. The molecule has 200 valence electrons. The highest BCUT2D eigenvalue weighted by Crippen LogP contribution is 2.57. The number of ether oxygens (including phenoxy) is 2. The molecule has 2 aliphatic heterocycles. The Kier molecular flexibility index (Phi) is 8.56. The summed E-state index contributed by atoms with van der Waals surface area (Å²) in [7, 11) is -11.4. The Bertz CT molecular complexity index is 1120. The molecule has 5 N–H and O–H groups in total. The summed E-state index contributed by atoms with van der Waals surface area (Å²) in [5.74, 6) is 0. The first-order valence-electron chi connectivity index (χ1n) is 10.1. The molecule has 0 saturated carbocycles. The first kappa shape index (κ1) is 28.3. The van der Waals surface area contributed by atoms with Gasteiger partial charge in [0.05, 0.1) is 18.8 Å². The minimum Gasteiger partial charge on any atom is -0.756 e. The molecule has 0 spiro atoms. The number of H-pyrrole nitrogens is 1. The third-order valence-electron chi connectivity index (χ3n) is 5.30. The van der Waals surface area contributed by atoms with Crippen molar-refractivity contribution in [2.75, 3.05) is 6.61 Å². The molecule has 19 heteroatoms. The quantitative estimate of drug-likeness (QED) is 0.197. The van der Waals surface area contributed by atoms with E-state index in [0.29, 0.717) is 0 Å². The minimum absolute atomic E-state index is 0.175. The number of phosphoric ester groups is 2. The van der Waals surface area contributed by atoms with E-state index in [4.69, 9.17) is 9.47 Å². The summed E-state index contributed by atoms with van der Waals surface area (Å²) in [5, 5.41) is 39.2. The molecule has 1 aromatic rings. The Balaban J connectivity index is 1.59. The average molecular weight is 546 g/mol. The first-order chi connectivity index (χ1) is 16.1. The summed E-state index contributed by atoms with van der Waals surface area (Å²) in [5.41, 5.74) is -1.28. The monoisotopic (exact) mass is 546 g/mol. The topological polar surface area (TPSA) is 262 Å². The van der Waals surface area contributed by atoms with Gasteiger partial charge in [-0.05, 0) is 13.8 Å². The lowest BCUT2D eigenvalue weighted by atomic mass is 10.0. The van der Waals surface area contributed by atoms with Crippen molar-refractivity contribution in [2.24, 2.45) is 0 Å². The second-order valence-corrected chi connectivity index (χ2v) is 10.9. The van der Waals surface area contributed by atoms with Crippen LogP contribution in [0.3, 0.4) is 0 Å². The lowest BCUT2D eigenvalue weighted by Crippen LogP contribution is -2.57. The van der Waals surface area contributed by atoms with Gasteiger partial charge in [-0.15, -0.1) is 0 Å². The molecule has 2 saturated heterocycles. The molecule has 35 heavy (non-hydrogen) atoms. The van der Waals surface area contributed by atoms with Gasteiger partial charge in [-0.2, -0.15) is 0 Å². The number of aliphatic hydroxyl groups excluding tert-OH is 4. The number of rotatable bonds is 8. The van der Waals surface area contributed by atoms with E-state index in [2.05, 4.69) is 13.4 Å². The van der Waals surface area contributed by atoms with E-state index in [-0.39, 0.29) is 12.0 Å². The van der Waals surface area contributed by atoms with Gasteiger partial charge in [-0.25, -0.2) is 9.11 Å². The van der Waals surface area contributed by atoms with Crippen molar-refractivity contribution in [2.45, 2.75) is 69.4 Å². The summed E-state index contributed by atoms with van der Waals surface area (Å²) >= 11 is 0. The molecule has 0 bridgehead atoms. The molecule has 3 rings (SSSR count). The molecular weight excluding hydrogens is 522 g/mol. The smallest absolute Gasteiger partial charge is 0.330 e. The molecule has 0 aliphatic carbocycles. The molecule has 17 nitrogen and oxygen atoms in total. The Morgan fingerprint density at radius 3 is 2.43 bits per heavy atom. The summed E-state index contributed by atoms with van der Waals surface area (Å²) in [6.45, 7) is 1.74. The van der Waals surface area contributed by atoms with Crippen LogP contribution in [0.1, 0.15) is 25.1 Å². The maximum Gasteiger partial charge on any atom is 0.330 e. The van der Waals surface area contributed by atoms with Gasteiger partial charge in [-0.1, -0.05) is 0 Å². The van der Waals surface area contributed by atoms with Crippen LogP contribution < -0.4 is 21.0 Å². The van der Waals surface area contributed by atoms with Crippen LogP contribution in [0.15, 0.2) is 15.8 Å². The zero-order valence-corrected chi connectivity index (χ0v) is 20.0. The van der Waals surface area contributed by atoms with Crippen molar-refractivity contribution < 1.29 is 62.2 Å². The SMILES string of the molecule is Cc1cn([C@H]2C[C@H](O)[C@@H](COP(=O)([O-])OP(=O)([O-])OC3O[C@@H](C)[C@@H](O)[C@@H](O)[C@H]3O)O2)c(=O)[nH]c1=O. The molecule has 10 atom stereocenters. The maximum atomic E-state index is 12.0. The Hall–Kier alpha value is -1.30. The molecule has 3 unspecified atom stereocenters. The van der Waals surface area contributed by atoms with Crippen molar-refractivity contribution in [3.8, 4) is 0 Å². The summed E-state index contributed by atoms with van der Waals surface area (Å²) in [4.78, 5) is 49.5. The van der Waals surface area contributed by atoms with Crippen LogP contribution in [-0.2, 0) is 32.0 Å². The van der Waals surface area contributed by atoms with E-state index in [1.807, 2.05) is 4.98 Å². The van der Waals surface area contributed by atoms with Gasteiger partial charge in [0.15, 0.2) is 6.29 Å². The number of aromatic nitrogens is 2. The largest absolute Gasteiger partial charge is 0.756 e. The van der Waals surface area contributed by atoms with Gasteiger partial charge >= 0.3 is 5.69 Å². The fourth-order valence-electron chi connectivity index (χ4n) is 3.39. The molecule has 3 heterocycles. The average Bonchev–Trinajstić information content (AvgIpc) is 3.11. The number of hydrogen-bond donors (Lipinski definition) is 5. The molecule has 2 fully saturated rings. The van der Waals surface area contributed by atoms with Gasteiger partial charge in [0, 0.05) is 18.2 Å². The summed E-state index contributed by atoms with van der Waals surface area (Å²) < 4.78 is 48.0. The highest BCUT2D eigenvalue weighted by Gasteiger charge is 2.44. The predicted octanol–water partition coefficient (Wildman–Crippen LogP) is -3.69. The Labute approximate surface area is 196 Å². The number of aromatic amines is 1. The fourth-order valence-corrected chi connectivity index (χ4v) is 5.47.